The van der Waals surface area contributed by atoms with Crippen LogP contribution in [0.25, 0.3) is 0 Å². The first kappa shape index (κ1) is 9.86. The molecule has 0 aliphatic rings. The highest BCUT2D eigenvalue weighted by molar-refractivity contribution is 9.10. The van der Waals surface area contributed by atoms with E-state index in [1.54, 1.807) is 12.1 Å². The zero-order chi connectivity index (χ0) is 9.14. The van der Waals surface area contributed by atoms with Gasteiger partial charge in [0.1, 0.15) is 12.1 Å². The molecule has 4 heteroatoms. The molecule has 1 rings (SSSR count). The maximum absolute atomic E-state index is 13.0. The lowest BCUT2D eigenvalue weighted by Gasteiger charge is -2.03. The van der Waals surface area contributed by atoms with Gasteiger partial charge < -0.3 is 4.79 Å². The summed E-state index contributed by atoms with van der Waals surface area (Å²) >= 11 is 6.23. The third-order valence-electron chi connectivity index (χ3n) is 1.37. The number of halogens is 3. The Labute approximate surface area is 86.2 Å². The molecular weight excluding hydrogens is 291 g/mol. The van der Waals surface area contributed by atoms with Gasteiger partial charge in [-0.05, 0) is 18.2 Å². The Bertz CT molecular complexity index is 301. The van der Waals surface area contributed by atoms with Crippen LogP contribution in [0.2, 0.25) is 0 Å². The number of carbonyl (C=O) groups excluding carboxylic acids is 1. The van der Waals surface area contributed by atoms with E-state index < -0.39 is 4.83 Å². The van der Waals surface area contributed by atoms with Crippen LogP contribution >= 0.6 is 31.9 Å². The van der Waals surface area contributed by atoms with Crippen LogP contribution in [-0.4, -0.2) is 6.29 Å². The van der Waals surface area contributed by atoms with Crippen molar-refractivity contribution < 1.29 is 9.18 Å². The second kappa shape index (κ2) is 4.14. The highest BCUT2D eigenvalue weighted by Gasteiger charge is 2.11. The van der Waals surface area contributed by atoms with Gasteiger partial charge in [-0.25, -0.2) is 4.39 Å². The fraction of sp³-hybridized carbons (Fsp3) is 0.125. The van der Waals surface area contributed by atoms with Crippen LogP contribution in [0.1, 0.15) is 10.4 Å². The van der Waals surface area contributed by atoms with Gasteiger partial charge in [0.25, 0.3) is 0 Å². The summed E-state index contributed by atoms with van der Waals surface area (Å²) in [7, 11) is 0. The number of hydrogen-bond acceptors (Lipinski definition) is 1. The lowest BCUT2D eigenvalue weighted by Crippen LogP contribution is -1.94. The first-order valence-corrected chi connectivity index (χ1v) is 4.90. The number of rotatable bonds is 2. The molecule has 0 saturated heterocycles. The Kier molecular flexibility index (Phi) is 3.40. The van der Waals surface area contributed by atoms with Crippen molar-refractivity contribution in [2.45, 2.75) is 4.83 Å². The van der Waals surface area contributed by atoms with Gasteiger partial charge in [0.05, 0.1) is 4.83 Å². The smallest absolute Gasteiger partial charge is 0.138 e. The molecule has 1 aromatic carbocycles. The molecule has 0 aromatic heterocycles. The Morgan fingerprint density at radius 1 is 1.50 bits per heavy atom. The minimum atomic E-state index is -0.574. The van der Waals surface area contributed by atoms with Crippen LogP contribution in [0.4, 0.5) is 4.39 Å². The third kappa shape index (κ3) is 2.14. The molecule has 0 aliphatic carbocycles. The number of carbonyl (C=O) groups is 1. The average molecular weight is 296 g/mol. The van der Waals surface area contributed by atoms with Crippen molar-refractivity contribution in [3.63, 3.8) is 0 Å². The Balaban J connectivity index is 3.12. The highest BCUT2D eigenvalue weighted by Crippen LogP contribution is 2.25. The summed E-state index contributed by atoms with van der Waals surface area (Å²) in [5, 5.41) is 0. The van der Waals surface area contributed by atoms with Crippen LogP contribution in [0.5, 0.6) is 0 Å². The SMILES string of the molecule is O=CC(Br)c1cc(Br)ccc1F. The molecule has 1 unspecified atom stereocenters. The Morgan fingerprint density at radius 2 is 2.17 bits per heavy atom. The van der Waals surface area contributed by atoms with Crippen LogP contribution < -0.4 is 0 Å². The molecule has 64 valence electrons. The molecule has 0 amide bonds. The fourth-order valence-electron chi connectivity index (χ4n) is 0.799. The van der Waals surface area contributed by atoms with Crippen molar-refractivity contribution in [1.29, 1.82) is 0 Å². The van der Waals surface area contributed by atoms with Gasteiger partial charge in [0.15, 0.2) is 0 Å². The monoisotopic (exact) mass is 294 g/mol. The van der Waals surface area contributed by atoms with E-state index in [1.165, 1.54) is 6.07 Å². The largest absolute Gasteiger partial charge is 0.302 e. The maximum atomic E-state index is 13.0. The molecular formula is C8H5Br2FO. The van der Waals surface area contributed by atoms with E-state index in [0.29, 0.717) is 11.8 Å². The molecule has 0 bridgehead atoms. The summed E-state index contributed by atoms with van der Waals surface area (Å²) in [5.74, 6) is -0.382. The zero-order valence-electron chi connectivity index (χ0n) is 5.93. The lowest BCUT2D eigenvalue weighted by molar-refractivity contribution is -0.107. The van der Waals surface area contributed by atoms with E-state index in [9.17, 15) is 9.18 Å². The maximum Gasteiger partial charge on any atom is 0.138 e. The molecule has 0 radical (unpaired) electrons. The summed E-state index contributed by atoms with van der Waals surface area (Å²) in [4.78, 5) is 9.77. The van der Waals surface area contributed by atoms with Crippen molar-refractivity contribution in [3.8, 4) is 0 Å². The van der Waals surface area contributed by atoms with E-state index in [0.717, 1.165) is 4.47 Å². The standard InChI is InChI=1S/C8H5Br2FO/c9-5-1-2-8(11)6(3-5)7(10)4-12/h1-4,7H. The lowest BCUT2D eigenvalue weighted by atomic mass is 10.1. The second-order valence-electron chi connectivity index (χ2n) is 2.20. The summed E-state index contributed by atoms with van der Waals surface area (Å²) in [6, 6.07) is 4.48. The third-order valence-corrected chi connectivity index (χ3v) is 2.58. The van der Waals surface area contributed by atoms with Crippen molar-refractivity contribution in [1.82, 2.24) is 0 Å². The van der Waals surface area contributed by atoms with E-state index in [2.05, 4.69) is 31.9 Å². The van der Waals surface area contributed by atoms with Gasteiger partial charge in [-0.2, -0.15) is 0 Å². The molecule has 0 fully saturated rings. The zero-order valence-corrected chi connectivity index (χ0v) is 9.10. The minimum Gasteiger partial charge on any atom is -0.302 e. The molecule has 0 saturated carbocycles. The quantitative estimate of drug-likeness (QED) is 0.605. The molecule has 0 aliphatic heterocycles. The van der Waals surface area contributed by atoms with Crippen LogP contribution in [0, 0.1) is 5.82 Å². The molecule has 12 heavy (non-hydrogen) atoms. The normalized spacial score (nSPS) is 12.6. The highest BCUT2D eigenvalue weighted by atomic mass is 79.9. The fourth-order valence-corrected chi connectivity index (χ4v) is 1.53. The number of benzene rings is 1. The molecule has 0 spiro atoms. The molecule has 1 nitrogen and oxygen atoms in total. The van der Waals surface area contributed by atoms with Crippen LogP contribution in [-0.2, 0) is 4.79 Å². The number of alkyl halides is 1. The topological polar surface area (TPSA) is 17.1 Å². The molecule has 0 heterocycles. The molecule has 1 aromatic rings. The van der Waals surface area contributed by atoms with Crippen LogP contribution in [0.15, 0.2) is 22.7 Å². The summed E-state index contributed by atoms with van der Waals surface area (Å²) in [6.45, 7) is 0. The van der Waals surface area contributed by atoms with Gasteiger partial charge >= 0.3 is 0 Å². The van der Waals surface area contributed by atoms with E-state index in [1.807, 2.05) is 0 Å². The van der Waals surface area contributed by atoms with E-state index in [-0.39, 0.29) is 5.82 Å². The average Bonchev–Trinajstić information content (AvgIpc) is 2.08. The second-order valence-corrected chi connectivity index (χ2v) is 4.11. The predicted octanol–water partition coefficient (Wildman–Crippen LogP) is 3.22. The minimum absolute atomic E-state index is 0.347. The van der Waals surface area contributed by atoms with Gasteiger partial charge in [-0.1, -0.05) is 31.9 Å². The van der Waals surface area contributed by atoms with Crippen LogP contribution in [0.3, 0.4) is 0 Å². The van der Waals surface area contributed by atoms with E-state index >= 15 is 0 Å². The van der Waals surface area contributed by atoms with Crippen molar-refractivity contribution >= 4 is 38.1 Å². The van der Waals surface area contributed by atoms with Gasteiger partial charge in [0.2, 0.25) is 0 Å². The van der Waals surface area contributed by atoms with Crippen molar-refractivity contribution in [2.75, 3.05) is 0 Å². The Hall–Kier alpha value is -0.220. The number of aldehydes is 1. The predicted molar refractivity (Wildman–Crippen MR) is 51.8 cm³/mol. The van der Waals surface area contributed by atoms with E-state index in [4.69, 9.17) is 0 Å². The number of hydrogen-bond donors (Lipinski definition) is 0. The first-order chi connectivity index (χ1) is 5.65. The van der Waals surface area contributed by atoms with Gasteiger partial charge in [-0.15, -0.1) is 0 Å². The summed E-state index contributed by atoms with van der Waals surface area (Å²) < 4.78 is 13.8. The van der Waals surface area contributed by atoms with Crippen molar-refractivity contribution in [2.24, 2.45) is 0 Å². The van der Waals surface area contributed by atoms with Crippen molar-refractivity contribution in [3.05, 3.63) is 34.1 Å². The Morgan fingerprint density at radius 3 is 2.75 bits per heavy atom. The first-order valence-electron chi connectivity index (χ1n) is 3.19. The molecule has 1 atom stereocenters. The summed E-state index contributed by atoms with van der Waals surface area (Å²) in [5.41, 5.74) is 0.347. The van der Waals surface area contributed by atoms with Gasteiger partial charge in [0, 0.05) is 10.0 Å². The summed E-state index contributed by atoms with van der Waals surface area (Å²) in [6.07, 6.45) is 0.644. The molecule has 0 N–H and O–H groups in total. The van der Waals surface area contributed by atoms with Gasteiger partial charge in [-0.3, -0.25) is 0 Å².